The average molecular weight is 473 g/mol. The Morgan fingerprint density at radius 1 is 1.14 bits per heavy atom. The molecule has 0 atom stereocenters. The predicted octanol–water partition coefficient (Wildman–Crippen LogP) is 2.65. The molecule has 154 valence electrons. The van der Waals surface area contributed by atoms with E-state index in [1.807, 2.05) is 0 Å². The summed E-state index contributed by atoms with van der Waals surface area (Å²) < 4.78 is 33.0. The van der Waals surface area contributed by atoms with Crippen molar-refractivity contribution in [3.63, 3.8) is 0 Å². The molecule has 2 aliphatic rings. The van der Waals surface area contributed by atoms with Crippen molar-refractivity contribution in [2.24, 2.45) is 5.92 Å². The molecule has 3 rings (SSSR count). The fraction of sp³-hybridized carbons (Fsp3) is 0.579. The van der Waals surface area contributed by atoms with Crippen LogP contribution in [0.2, 0.25) is 0 Å². The van der Waals surface area contributed by atoms with Gasteiger partial charge in [0.25, 0.3) is 5.91 Å². The summed E-state index contributed by atoms with van der Waals surface area (Å²) in [6.45, 7) is 4.09. The molecule has 28 heavy (non-hydrogen) atoms. The molecule has 0 spiro atoms. The summed E-state index contributed by atoms with van der Waals surface area (Å²) in [5.74, 6) is -0.425. The summed E-state index contributed by atoms with van der Waals surface area (Å²) >= 11 is 3.28. The second-order valence-corrected chi connectivity index (χ2v) is 10.2. The van der Waals surface area contributed by atoms with E-state index < -0.39 is 16.0 Å². The first-order valence-corrected chi connectivity index (χ1v) is 11.8. The summed E-state index contributed by atoms with van der Waals surface area (Å²) in [6.07, 6.45) is 3.56. The molecular weight excluding hydrogens is 448 g/mol. The van der Waals surface area contributed by atoms with Gasteiger partial charge in [0.2, 0.25) is 10.0 Å². The number of nitrogens with zero attached hydrogens (tertiary/aromatic N) is 2. The van der Waals surface area contributed by atoms with Crippen LogP contribution >= 0.6 is 15.9 Å². The molecule has 0 saturated carbocycles. The smallest absolute Gasteiger partial charge is 0.338 e. The lowest BCUT2D eigenvalue weighted by molar-refractivity contribution is -0.133. The Kier molecular flexibility index (Phi) is 6.77. The number of esters is 1. The zero-order valence-electron chi connectivity index (χ0n) is 15.9. The fourth-order valence-corrected chi connectivity index (χ4v) is 5.88. The zero-order chi connectivity index (χ0) is 20.3. The maximum atomic E-state index is 13.0. The third kappa shape index (κ3) is 4.75. The molecule has 0 N–H and O–H groups in total. The lowest BCUT2D eigenvalue weighted by Gasteiger charge is -2.29. The van der Waals surface area contributed by atoms with Crippen LogP contribution in [-0.4, -0.2) is 62.3 Å². The summed E-state index contributed by atoms with van der Waals surface area (Å²) in [5, 5.41) is 0. The highest BCUT2D eigenvalue weighted by molar-refractivity contribution is 9.10. The van der Waals surface area contributed by atoms with Gasteiger partial charge in [-0.1, -0.05) is 6.92 Å². The molecule has 0 aromatic heterocycles. The number of halogens is 1. The topological polar surface area (TPSA) is 84.0 Å². The van der Waals surface area contributed by atoms with Gasteiger partial charge in [-0.2, -0.15) is 4.31 Å². The number of likely N-dealkylation sites (tertiary alicyclic amines) is 1. The third-order valence-electron chi connectivity index (χ3n) is 5.31. The minimum Gasteiger partial charge on any atom is -0.452 e. The summed E-state index contributed by atoms with van der Waals surface area (Å²) in [7, 11) is -3.71. The Hall–Kier alpha value is -1.45. The number of carbonyl (C=O) groups excluding carboxylic acids is 2. The number of carbonyl (C=O) groups is 2. The molecule has 2 saturated heterocycles. The molecule has 0 unspecified atom stereocenters. The summed E-state index contributed by atoms with van der Waals surface area (Å²) in [4.78, 5) is 26.1. The number of ether oxygens (including phenoxy) is 1. The van der Waals surface area contributed by atoms with Crippen LogP contribution in [0.5, 0.6) is 0 Å². The van der Waals surface area contributed by atoms with Gasteiger partial charge in [-0.3, -0.25) is 4.79 Å². The molecule has 0 bridgehead atoms. The van der Waals surface area contributed by atoms with Crippen LogP contribution in [0.15, 0.2) is 27.6 Å². The molecule has 1 aromatic carbocycles. The molecule has 1 amide bonds. The van der Waals surface area contributed by atoms with Crippen LogP contribution < -0.4 is 0 Å². The Balaban J connectivity index is 1.71. The quantitative estimate of drug-likeness (QED) is 0.614. The minimum absolute atomic E-state index is 0.0439. The van der Waals surface area contributed by atoms with Gasteiger partial charge in [-0.25, -0.2) is 13.2 Å². The molecular formula is C19H25BrN2O5S. The first-order chi connectivity index (χ1) is 13.3. The maximum Gasteiger partial charge on any atom is 0.338 e. The number of amides is 1. The Morgan fingerprint density at radius 3 is 2.43 bits per heavy atom. The van der Waals surface area contributed by atoms with Crippen LogP contribution in [0.4, 0.5) is 0 Å². The first kappa shape index (κ1) is 21.3. The van der Waals surface area contributed by atoms with E-state index in [9.17, 15) is 18.0 Å². The van der Waals surface area contributed by atoms with Gasteiger partial charge in [0.1, 0.15) is 0 Å². The van der Waals surface area contributed by atoms with Crippen molar-refractivity contribution in [2.75, 3.05) is 32.8 Å². The van der Waals surface area contributed by atoms with Crippen molar-refractivity contribution < 1.29 is 22.7 Å². The van der Waals surface area contributed by atoms with Crippen molar-refractivity contribution in [1.82, 2.24) is 9.21 Å². The van der Waals surface area contributed by atoms with E-state index in [4.69, 9.17) is 4.74 Å². The molecule has 1 aromatic rings. The first-order valence-electron chi connectivity index (χ1n) is 9.53. The normalized spacial score (nSPS) is 19.0. The number of benzene rings is 1. The van der Waals surface area contributed by atoms with Crippen LogP contribution in [-0.2, 0) is 19.6 Å². The predicted molar refractivity (Wildman–Crippen MR) is 107 cm³/mol. The Labute approximate surface area is 174 Å². The summed E-state index contributed by atoms with van der Waals surface area (Å²) in [6, 6.07) is 4.34. The van der Waals surface area contributed by atoms with Crippen LogP contribution in [0.25, 0.3) is 0 Å². The monoisotopic (exact) mass is 472 g/mol. The van der Waals surface area contributed by atoms with Crippen molar-refractivity contribution in [1.29, 1.82) is 0 Å². The van der Waals surface area contributed by atoms with Gasteiger partial charge < -0.3 is 9.64 Å². The Morgan fingerprint density at radius 2 is 1.79 bits per heavy atom. The second kappa shape index (κ2) is 8.92. The SMILES string of the molecule is CC1CCN(S(=O)(=O)c2cc(C(=O)OCC(=O)N3CCCC3)ccc2Br)CC1. The number of piperidine rings is 1. The van der Waals surface area contributed by atoms with E-state index in [-0.39, 0.29) is 23.0 Å². The largest absolute Gasteiger partial charge is 0.452 e. The van der Waals surface area contributed by atoms with Gasteiger partial charge in [0.15, 0.2) is 6.61 Å². The van der Waals surface area contributed by atoms with Gasteiger partial charge >= 0.3 is 5.97 Å². The maximum absolute atomic E-state index is 13.0. The zero-order valence-corrected chi connectivity index (χ0v) is 18.3. The van der Waals surface area contributed by atoms with Crippen LogP contribution in [0.1, 0.15) is 43.0 Å². The van der Waals surface area contributed by atoms with Gasteiger partial charge in [0.05, 0.1) is 10.5 Å². The molecule has 2 fully saturated rings. The molecule has 2 aliphatic heterocycles. The van der Waals surface area contributed by atoms with Gasteiger partial charge in [-0.15, -0.1) is 0 Å². The van der Waals surface area contributed by atoms with Gasteiger partial charge in [0, 0.05) is 30.7 Å². The molecule has 0 aliphatic carbocycles. The van der Waals surface area contributed by atoms with Crippen LogP contribution in [0.3, 0.4) is 0 Å². The average Bonchev–Trinajstić information content (AvgIpc) is 3.21. The van der Waals surface area contributed by atoms with E-state index in [0.29, 0.717) is 36.6 Å². The summed E-state index contributed by atoms with van der Waals surface area (Å²) in [5.41, 5.74) is 0.112. The standard InChI is InChI=1S/C19H25BrN2O5S/c1-14-6-10-22(11-7-14)28(25,26)17-12-15(4-5-16(17)20)19(24)27-13-18(23)21-8-2-3-9-21/h4-5,12,14H,2-3,6-11,13H2,1H3. The highest BCUT2D eigenvalue weighted by Crippen LogP contribution is 2.29. The van der Waals surface area contributed by atoms with E-state index >= 15 is 0 Å². The number of hydrogen-bond acceptors (Lipinski definition) is 5. The molecule has 2 heterocycles. The fourth-order valence-electron chi connectivity index (χ4n) is 3.46. The second-order valence-electron chi connectivity index (χ2n) is 7.40. The van der Waals surface area contributed by atoms with Crippen molar-refractivity contribution in [3.05, 3.63) is 28.2 Å². The van der Waals surface area contributed by atoms with E-state index in [0.717, 1.165) is 25.7 Å². The van der Waals surface area contributed by atoms with Crippen LogP contribution in [0, 0.1) is 5.92 Å². The minimum atomic E-state index is -3.71. The van der Waals surface area contributed by atoms with E-state index in [1.54, 1.807) is 4.90 Å². The third-order valence-corrected chi connectivity index (χ3v) is 8.21. The number of sulfonamides is 1. The Bertz CT molecular complexity index is 844. The molecule has 7 nitrogen and oxygen atoms in total. The van der Waals surface area contributed by atoms with Crippen molar-refractivity contribution >= 4 is 37.8 Å². The number of rotatable bonds is 5. The van der Waals surface area contributed by atoms with E-state index in [2.05, 4.69) is 22.9 Å². The highest BCUT2D eigenvalue weighted by Gasteiger charge is 2.30. The molecule has 0 radical (unpaired) electrons. The van der Waals surface area contributed by atoms with Crippen molar-refractivity contribution in [3.8, 4) is 0 Å². The number of hydrogen-bond donors (Lipinski definition) is 0. The molecule has 9 heteroatoms. The van der Waals surface area contributed by atoms with E-state index in [1.165, 1.54) is 22.5 Å². The van der Waals surface area contributed by atoms with Crippen molar-refractivity contribution in [2.45, 2.75) is 37.5 Å². The van der Waals surface area contributed by atoms with Gasteiger partial charge in [-0.05, 0) is 65.7 Å². The lowest BCUT2D eigenvalue weighted by Crippen LogP contribution is -2.38. The highest BCUT2D eigenvalue weighted by atomic mass is 79.9. The lowest BCUT2D eigenvalue weighted by atomic mass is 10.0.